The van der Waals surface area contributed by atoms with E-state index in [0.29, 0.717) is 31.3 Å². The van der Waals surface area contributed by atoms with Crippen LogP contribution in [0.4, 0.5) is 4.39 Å². The maximum atomic E-state index is 12.9. The van der Waals surface area contributed by atoms with Crippen molar-refractivity contribution in [3.63, 3.8) is 0 Å². The van der Waals surface area contributed by atoms with Crippen molar-refractivity contribution in [3.05, 3.63) is 59.0 Å². The quantitative estimate of drug-likeness (QED) is 0.434. The van der Waals surface area contributed by atoms with Gasteiger partial charge in [-0.3, -0.25) is 9.69 Å². The summed E-state index contributed by atoms with van der Waals surface area (Å²) in [5.74, 6) is 2.95. The van der Waals surface area contributed by atoms with Gasteiger partial charge in [-0.05, 0) is 60.7 Å². The van der Waals surface area contributed by atoms with Gasteiger partial charge in [-0.15, -0.1) is 11.3 Å². The van der Waals surface area contributed by atoms with Gasteiger partial charge in [0.05, 0.1) is 17.3 Å². The molecule has 1 aliphatic heterocycles. The van der Waals surface area contributed by atoms with Crippen molar-refractivity contribution in [2.24, 2.45) is 5.92 Å². The van der Waals surface area contributed by atoms with Crippen molar-refractivity contribution in [2.45, 2.75) is 31.6 Å². The third-order valence-electron chi connectivity index (χ3n) is 5.39. The SMILES string of the molecule is O=C(NCCCSCc1ccc(F)cc1)C1CCCN(Cc2nc(-c3cccs3)no2)C1. The first-order valence-corrected chi connectivity index (χ1v) is 12.9. The minimum atomic E-state index is -0.206. The molecule has 1 aliphatic rings. The summed E-state index contributed by atoms with van der Waals surface area (Å²) in [4.78, 5) is 20.3. The first-order valence-electron chi connectivity index (χ1n) is 10.9. The number of thioether (sulfide) groups is 1. The number of amides is 1. The van der Waals surface area contributed by atoms with Crippen LogP contribution in [0.25, 0.3) is 10.7 Å². The number of thiophene rings is 1. The fourth-order valence-electron chi connectivity index (χ4n) is 3.73. The molecule has 1 fully saturated rings. The molecule has 32 heavy (non-hydrogen) atoms. The van der Waals surface area contributed by atoms with Crippen molar-refractivity contribution in [3.8, 4) is 10.7 Å². The molecule has 1 aromatic carbocycles. The average molecular weight is 475 g/mol. The molecule has 3 heterocycles. The number of halogens is 1. The molecule has 0 radical (unpaired) electrons. The third kappa shape index (κ3) is 6.63. The van der Waals surface area contributed by atoms with Crippen molar-refractivity contribution in [2.75, 3.05) is 25.4 Å². The molecule has 0 aliphatic carbocycles. The van der Waals surface area contributed by atoms with Gasteiger partial charge in [0.15, 0.2) is 0 Å². The van der Waals surface area contributed by atoms with Crippen molar-refractivity contribution >= 4 is 29.0 Å². The number of nitrogens with one attached hydrogen (secondary N) is 1. The van der Waals surface area contributed by atoms with Gasteiger partial charge in [0.2, 0.25) is 17.6 Å². The number of carbonyl (C=O) groups excluding carboxylic acids is 1. The highest BCUT2D eigenvalue weighted by molar-refractivity contribution is 7.98. The number of rotatable bonds is 10. The molecule has 0 saturated carbocycles. The van der Waals surface area contributed by atoms with E-state index in [2.05, 4.69) is 20.4 Å². The van der Waals surface area contributed by atoms with Crippen LogP contribution < -0.4 is 5.32 Å². The van der Waals surface area contributed by atoms with Crippen LogP contribution in [0.2, 0.25) is 0 Å². The molecule has 2 aromatic heterocycles. The highest BCUT2D eigenvalue weighted by Crippen LogP contribution is 2.23. The molecule has 3 aromatic rings. The van der Waals surface area contributed by atoms with Crippen LogP contribution >= 0.6 is 23.1 Å². The lowest BCUT2D eigenvalue weighted by molar-refractivity contribution is -0.126. The summed E-state index contributed by atoms with van der Waals surface area (Å²) in [5.41, 5.74) is 1.12. The largest absolute Gasteiger partial charge is 0.356 e. The minimum absolute atomic E-state index is 0.00435. The fourth-order valence-corrected chi connectivity index (χ4v) is 5.30. The van der Waals surface area contributed by atoms with E-state index in [1.54, 1.807) is 23.1 Å². The predicted octanol–water partition coefficient (Wildman–Crippen LogP) is 4.59. The lowest BCUT2D eigenvalue weighted by atomic mass is 9.97. The Bertz CT molecular complexity index is 978. The topological polar surface area (TPSA) is 71.3 Å². The standard InChI is InChI=1S/C23H27FN4O2S2/c24-19-8-6-17(7-9-19)16-31-12-3-10-25-23(29)18-4-1-11-28(14-18)15-21-26-22(27-30-21)20-5-2-13-32-20/h2,5-9,13,18H,1,3-4,10-12,14-16H2,(H,25,29). The van der Waals surface area contributed by atoms with Crippen molar-refractivity contribution < 1.29 is 13.7 Å². The Balaban J connectivity index is 1.14. The molecule has 6 nitrogen and oxygen atoms in total. The number of hydrogen-bond acceptors (Lipinski definition) is 7. The molecule has 1 saturated heterocycles. The van der Waals surface area contributed by atoms with E-state index in [1.807, 2.05) is 29.6 Å². The zero-order chi connectivity index (χ0) is 22.2. The molecule has 1 unspecified atom stereocenters. The Morgan fingerprint density at radius 3 is 3.00 bits per heavy atom. The zero-order valence-corrected chi connectivity index (χ0v) is 19.5. The summed E-state index contributed by atoms with van der Waals surface area (Å²) in [6.07, 6.45) is 2.81. The van der Waals surface area contributed by atoms with Gasteiger partial charge < -0.3 is 9.84 Å². The van der Waals surface area contributed by atoms with Crippen LogP contribution in [0.3, 0.4) is 0 Å². The van der Waals surface area contributed by atoms with Crippen LogP contribution in [0, 0.1) is 11.7 Å². The Labute approximate surface area is 195 Å². The lowest BCUT2D eigenvalue weighted by Crippen LogP contribution is -2.43. The van der Waals surface area contributed by atoms with Crippen LogP contribution in [0.15, 0.2) is 46.3 Å². The van der Waals surface area contributed by atoms with Gasteiger partial charge in [0, 0.05) is 18.8 Å². The van der Waals surface area contributed by atoms with Crippen molar-refractivity contribution in [1.82, 2.24) is 20.4 Å². The first-order chi connectivity index (χ1) is 15.7. The number of piperidine rings is 1. The summed E-state index contributed by atoms with van der Waals surface area (Å²) in [5, 5.41) is 9.14. The number of benzene rings is 1. The van der Waals surface area contributed by atoms with E-state index in [-0.39, 0.29) is 17.6 Å². The summed E-state index contributed by atoms with van der Waals surface area (Å²) in [7, 11) is 0. The second-order valence-corrected chi connectivity index (χ2v) is 9.94. The number of nitrogens with zero attached hydrogens (tertiary/aromatic N) is 3. The Kier molecular flexibility index (Phi) is 8.30. The molecular weight excluding hydrogens is 447 g/mol. The normalized spacial score (nSPS) is 16.8. The maximum Gasteiger partial charge on any atom is 0.241 e. The third-order valence-corrected chi connectivity index (χ3v) is 7.37. The maximum absolute atomic E-state index is 12.9. The van der Waals surface area contributed by atoms with Gasteiger partial charge in [-0.25, -0.2) is 4.39 Å². The molecule has 1 amide bonds. The van der Waals surface area contributed by atoms with E-state index in [0.717, 1.165) is 47.8 Å². The lowest BCUT2D eigenvalue weighted by Gasteiger charge is -2.30. The Morgan fingerprint density at radius 1 is 1.31 bits per heavy atom. The van der Waals surface area contributed by atoms with Crippen LogP contribution in [-0.4, -0.2) is 46.3 Å². The highest BCUT2D eigenvalue weighted by Gasteiger charge is 2.26. The average Bonchev–Trinajstić information content (AvgIpc) is 3.49. The number of carbonyl (C=O) groups is 1. The molecule has 170 valence electrons. The van der Waals surface area contributed by atoms with Crippen molar-refractivity contribution in [1.29, 1.82) is 0 Å². The monoisotopic (exact) mass is 474 g/mol. The van der Waals surface area contributed by atoms with E-state index in [4.69, 9.17) is 4.52 Å². The first kappa shape index (κ1) is 22.9. The van der Waals surface area contributed by atoms with Gasteiger partial charge >= 0.3 is 0 Å². The van der Waals surface area contributed by atoms with E-state index in [9.17, 15) is 9.18 Å². The highest BCUT2D eigenvalue weighted by atomic mass is 32.2. The summed E-state index contributed by atoms with van der Waals surface area (Å²) in [6.45, 7) is 2.89. The predicted molar refractivity (Wildman–Crippen MR) is 126 cm³/mol. The molecule has 1 N–H and O–H groups in total. The molecule has 0 bridgehead atoms. The van der Waals surface area contributed by atoms with Crippen LogP contribution in [-0.2, 0) is 17.1 Å². The molecule has 1 atom stereocenters. The molecule has 9 heteroatoms. The number of likely N-dealkylation sites (tertiary alicyclic amines) is 1. The summed E-state index contributed by atoms with van der Waals surface area (Å²) >= 11 is 3.38. The van der Waals surface area contributed by atoms with E-state index in [1.165, 1.54) is 12.1 Å². The fraction of sp³-hybridized carbons (Fsp3) is 0.435. The number of aromatic nitrogens is 2. The smallest absolute Gasteiger partial charge is 0.241 e. The van der Waals surface area contributed by atoms with Crippen LogP contribution in [0.1, 0.15) is 30.7 Å². The van der Waals surface area contributed by atoms with Gasteiger partial charge in [-0.1, -0.05) is 23.4 Å². The molecule has 0 spiro atoms. The van der Waals surface area contributed by atoms with E-state index < -0.39 is 0 Å². The second-order valence-electron chi connectivity index (χ2n) is 7.89. The zero-order valence-electron chi connectivity index (χ0n) is 17.8. The van der Waals surface area contributed by atoms with E-state index >= 15 is 0 Å². The van der Waals surface area contributed by atoms with Gasteiger partial charge in [0.25, 0.3) is 0 Å². The molecule has 4 rings (SSSR count). The van der Waals surface area contributed by atoms with Gasteiger partial charge in [-0.2, -0.15) is 16.7 Å². The summed E-state index contributed by atoms with van der Waals surface area (Å²) in [6, 6.07) is 10.6. The summed E-state index contributed by atoms with van der Waals surface area (Å²) < 4.78 is 18.3. The Morgan fingerprint density at radius 2 is 2.19 bits per heavy atom. The minimum Gasteiger partial charge on any atom is -0.356 e. The van der Waals surface area contributed by atoms with Gasteiger partial charge in [0.1, 0.15) is 5.82 Å². The van der Waals surface area contributed by atoms with Crippen LogP contribution in [0.5, 0.6) is 0 Å². The number of hydrogen-bond donors (Lipinski definition) is 1. The Hall–Kier alpha value is -2.23. The molecular formula is C23H27FN4O2S2. The second kappa shape index (κ2) is 11.6.